The van der Waals surface area contributed by atoms with E-state index in [4.69, 9.17) is 11.6 Å². The van der Waals surface area contributed by atoms with Gasteiger partial charge in [0.25, 0.3) is 0 Å². The number of hydrogen-bond acceptors (Lipinski definition) is 7. The van der Waals surface area contributed by atoms with Gasteiger partial charge in [-0.3, -0.25) is 4.98 Å². The number of halogens is 4. The Bertz CT molecular complexity index is 1660. The van der Waals surface area contributed by atoms with E-state index in [0.717, 1.165) is 22.8 Å². The molecule has 14 heteroatoms. The van der Waals surface area contributed by atoms with Crippen molar-refractivity contribution in [1.82, 2.24) is 34.2 Å². The van der Waals surface area contributed by atoms with Crippen molar-refractivity contribution in [2.75, 3.05) is 5.75 Å². The number of aromatic nitrogens is 7. The molecule has 0 aliphatic rings. The first-order chi connectivity index (χ1) is 16.1. The van der Waals surface area contributed by atoms with E-state index in [9.17, 15) is 21.6 Å². The van der Waals surface area contributed by atoms with Crippen LogP contribution in [0.1, 0.15) is 12.5 Å². The molecule has 0 aliphatic heterocycles. The van der Waals surface area contributed by atoms with Crippen LogP contribution in [0.25, 0.3) is 34.1 Å². The molecule has 5 aromatic rings. The summed E-state index contributed by atoms with van der Waals surface area (Å²) in [6.07, 6.45) is -0.934. The maximum absolute atomic E-state index is 13.1. The van der Waals surface area contributed by atoms with Gasteiger partial charge in [0.05, 0.1) is 27.7 Å². The molecule has 0 bridgehead atoms. The van der Waals surface area contributed by atoms with Crippen molar-refractivity contribution in [1.29, 1.82) is 0 Å². The van der Waals surface area contributed by atoms with E-state index in [1.54, 1.807) is 18.2 Å². The van der Waals surface area contributed by atoms with Gasteiger partial charge in [-0.15, -0.1) is 5.10 Å². The SMILES string of the molecule is CCS(=O)(=O)c1nn2c(-c3ccc(Cl)cn3)ccnc2c1-c1nc2ccc(C(F)(F)F)cn2n1. The molecular weight excluding hydrogens is 495 g/mol. The summed E-state index contributed by atoms with van der Waals surface area (Å²) in [4.78, 5) is 12.8. The minimum absolute atomic E-state index is 0.0186. The van der Waals surface area contributed by atoms with Gasteiger partial charge < -0.3 is 0 Å². The Morgan fingerprint density at radius 1 is 1.06 bits per heavy atom. The molecule has 0 saturated carbocycles. The maximum Gasteiger partial charge on any atom is 0.417 e. The first-order valence-electron chi connectivity index (χ1n) is 9.75. The van der Waals surface area contributed by atoms with Crippen molar-refractivity contribution in [3.8, 4) is 22.8 Å². The van der Waals surface area contributed by atoms with Crippen LogP contribution in [0.5, 0.6) is 0 Å². The summed E-state index contributed by atoms with van der Waals surface area (Å²) in [5, 5.41) is 8.47. The summed E-state index contributed by atoms with van der Waals surface area (Å²) in [5.74, 6) is -0.403. The summed E-state index contributed by atoms with van der Waals surface area (Å²) in [6, 6.07) is 6.86. The Hall–Kier alpha value is -3.58. The van der Waals surface area contributed by atoms with Gasteiger partial charge in [0.15, 0.2) is 32.0 Å². The molecule has 9 nitrogen and oxygen atoms in total. The van der Waals surface area contributed by atoms with Crippen LogP contribution in [0.2, 0.25) is 5.02 Å². The number of nitrogens with zero attached hydrogens (tertiary/aromatic N) is 7. The molecule has 0 fully saturated rings. The van der Waals surface area contributed by atoms with E-state index in [-0.39, 0.29) is 33.5 Å². The van der Waals surface area contributed by atoms with Gasteiger partial charge in [-0.25, -0.2) is 27.4 Å². The van der Waals surface area contributed by atoms with Crippen LogP contribution in [0, 0.1) is 0 Å². The highest BCUT2D eigenvalue weighted by Crippen LogP contribution is 2.33. The van der Waals surface area contributed by atoms with Crippen molar-refractivity contribution >= 4 is 32.7 Å². The molecule has 0 radical (unpaired) electrons. The highest BCUT2D eigenvalue weighted by atomic mass is 35.5. The zero-order valence-corrected chi connectivity index (χ0v) is 18.8. The highest BCUT2D eigenvalue weighted by Gasteiger charge is 2.32. The van der Waals surface area contributed by atoms with E-state index >= 15 is 0 Å². The van der Waals surface area contributed by atoms with Crippen molar-refractivity contribution in [3.05, 3.63) is 59.5 Å². The second kappa shape index (κ2) is 7.74. The molecule has 174 valence electrons. The second-order valence-electron chi connectivity index (χ2n) is 7.16. The van der Waals surface area contributed by atoms with Crippen LogP contribution in [-0.4, -0.2) is 48.4 Å². The molecular formula is C20H13ClF3N7O2S. The van der Waals surface area contributed by atoms with Crippen molar-refractivity contribution in [3.63, 3.8) is 0 Å². The van der Waals surface area contributed by atoms with Gasteiger partial charge in [0, 0.05) is 18.6 Å². The second-order valence-corrected chi connectivity index (χ2v) is 9.79. The zero-order chi connectivity index (χ0) is 24.3. The maximum atomic E-state index is 13.1. The molecule has 0 N–H and O–H groups in total. The Morgan fingerprint density at radius 3 is 2.53 bits per heavy atom. The zero-order valence-electron chi connectivity index (χ0n) is 17.2. The van der Waals surface area contributed by atoms with Gasteiger partial charge in [-0.1, -0.05) is 18.5 Å². The van der Waals surface area contributed by atoms with Gasteiger partial charge >= 0.3 is 6.18 Å². The number of rotatable bonds is 4. The normalized spacial score (nSPS) is 12.6. The molecule has 0 spiro atoms. The van der Waals surface area contributed by atoms with Gasteiger partial charge in [-0.2, -0.15) is 18.3 Å². The lowest BCUT2D eigenvalue weighted by atomic mass is 10.2. The van der Waals surface area contributed by atoms with Crippen molar-refractivity contribution < 1.29 is 21.6 Å². The average Bonchev–Trinajstić information content (AvgIpc) is 3.40. The van der Waals surface area contributed by atoms with E-state index in [1.807, 2.05) is 0 Å². The molecule has 5 aromatic heterocycles. The summed E-state index contributed by atoms with van der Waals surface area (Å²) in [5.41, 5.74) is 0.125. The van der Waals surface area contributed by atoms with Crippen molar-refractivity contribution in [2.45, 2.75) is 18.1 Å². The highest BCUT2D eigenvalue weighted by molar-refractivity contribution is 7.91. The van der Waals surface area contributed by atoms with Crippen molar-refractivity contribution in [2.24, 2.45) is 0 Å². The van der Waals surface area contributed by atoms with Gasteiger partial charge in [0.2, 0.25) is 0 Å². The molecule has 0 unspecified atom stereocenters. The summed E-state index contributed by atoms with van der Waals surface area (Å²) < 4.78 is 67.4. The van der Waals surface area contributed by atoms with E-state index < -0.39 is 21.6 Å². The molecule has 0 aliphatic carbocycles. The number of alkyl halides is 3. The predicted molar refractivity (Wildman–Crippen MR) is 116 cm³/mol. The Kier molecular flexibility index (Phi) is 5.06. The predicted octanol–water partition coefficient (Wildman–Crippen LogP) is 3.97. The van der Waals surface area contributed by atoms with Crippen LogP contribution in [0.4, 0.5) is 13.2 Å². The largest absolute Gasteiger partial charge is 0.417 e. The Labute approximate surface area is 194 Å². The quantitative estimate of drug-likeness (QED) is 0.362. The minimum atomic E-state index is -4.58. The van der Waals surface area contributed by atoms with Crippen LogP contribution < -0.4 is 0 Å². The summed E-state index contributed by atoms with van der Waals surface area (Å²) >= 11 is 5.92. The lowest BCUT2D eigenvalue weighted by Crippen LogP contribution is -2.07. The monoisotopic (exact) mass is 507 g/mol. The third-order valence-corrected chi connectivity index (χ3v) is 6.89. The van der Waals surface area contributed by atoms with Gasteiger partial charge in [-0.05, 0) is 30.3 Å². The molecule has 0 atom stereocenters. The Morgan fingerprint density at radius 2 is 1.85 bits per heavy atom. The fraction of sp³-hybridized carbons (Fsp3) is 0.150. The Balaban J connectivity index is 1.80. The van der Waals surface area contributed by atoms with Gasteiger partial charge in [0.1, 0.15) is 5.56 Å². The van der Waals surface area contributed by atoms with Crippen LogP contribution in [0.3, 0.4) is 0 Å². The third-order valence-electron chi connectivity index (χ3n) is 5.03. The van der Waals surface area contributed by atoms with Crippen LogP contribution in [-0.2, 0) is 16.0 Å². The first-order valence-corrected chi connectivity index (χ1v) is 11.8. The molecule has 34 heavy (non-hydrogen) atoms. The summed E-state index contributed by atoms with van der Waals surface area (Å²) in [7, 11) is -3.90. The molecule has 0 saturated heterocycles. The number of fused-ring (bicyclic) bond motifs is 2. The number of hydrogen-bond donors (Lipinski definition) is 0. The van der Waals surface area contributed by atoms with Crippen LogP contribution >= 0.6 is 11.6 Å². The molecule has 0 aromatic carbocycles. The molecule has 0 amide bonds. The number of sulfone groups is 1. The smallest absolute Gasteiger partial charge is 0.253 e. The van der Waals surface area contributed by atoms with E-state index in [2.05, 4.69) is 25.1 Å². The molecule has 5 rings (SSSR count). The number of pyridine rings is 2. The standard InChI is InChI=1S/C20H13ClF3N7O2S/c1-2-34(32,33)19-16(17-27-15-6-3-11(20(22,23)24)10-30(15)28-17)18-25-8-7-14(31(18)29-19)13-5-4-12(21)9-26-13/h3-10H,2H2,1H3. The average molecular weight is 508 g/mol. The van der Waals surface area contributed by atoms with E-state index in [0.29, 0.717) is 16.4 Å². The lowest BCUT2D eigenvalue weighted by Gasteiger charge is -2.05. The van der Waals surface area contributed by atoms with E-state index in [1.165, 1.54) is 23.8 Å². The fourth-order valence-electron chi connectivity index (χ4n) is 3.35. The first kappa shape index (κ1) is 22.2. The minimum Gasteiger partial charge on any atom is -0.253 e. The molecule has 5 heterocycles. The lowest BCUT2D eigenvalue weighted by molar-refractivity contribution is -0.137. The van der Waals surface area contributed by atoms with Crippen LogP contribution in [0.15, 0.2) is 53.9 Å². The topological polar surface area (TPSA) is 107 Å². The third kappa shape index (κ3) is 3.66. The summed E-state index contributed by atoms with van der Waals surface area (Å²) in [6.45, 7) is 1.45. The fourth-order valence-corrected chi connectivity index (χ4v) is 4.44.